The smallest absolute Gasteiger partial charge is 0.345 e. The Labute approximate surface area is 173 Å². The zero-order valence-corrected chi connectivity index (χ0v) is 16.6. The van der Waals surface area contributed by atoms with Crippen LogP contribution in [0.2, 0.25) is 0 Å². The van der Waals surface area contributed by atoms with Crippen molar-refractivity contribution in [3.8, 4) is 17.1 Å². The molecule has 0 fully saturated rings. The van der Waals surface area contributed by atoms with E-state index in [9.17, 15) is 9.59 Å². The molecule has 0 atom stereocenters. The van der Waals surface area contributed by atoms with E-state index in [0.29, 0.717) is 11.6 Å². The van der Waals surface area contributed by atoms with Gasteiger partial charge in [0, 0.05) is 19.2 Å². The average Bonchev–Trinajstić information content (AvgIpc) is 3.07. The number of benzene rings is 3. The first-order valence-electron chi connectivity index (χ1n) is 9.69. The van der Waals surface area contributed by atoms with Gasteiger partial charge in [0.05, 0.1) is 6.54 Å². The first kappa shape index (κ1) is 19.4. The Morgan fingerprint density at radius 3 is 2.53 bits per heavy atom. The van der Waals surface area contributed by atoms with Crippen LogP contribution in [0.4, 0.5) is 0 Å². The van der Waals surface area contributed by atoms with Crippen molar-refractivity contribution in [3.63, 3.8) is 0 Å². The number of ether oxygens (including phenoxy) is 1. The number of fused-ring (bicyclic) bond motifs is 1. The van der Waals surface area contributed by atoms with Gasteiger partial charge in [-0.05, 0) is 22.9 Å². The molecule has 0 saturated carbocycles. The molecule has 1 aromatic heterocycles. The molecular weight excluding hydrogens is 380 g/mol. The normalized spacial score (nSPS) is 10.8. The van der Waals surface area contributed by atoms with Gasteiger partial charge < -0.3 is 10.1 Å². The highest BCUT2D eigenvalue weighted by Gasteiger charge is 2.12. The van der Waals surface area contributed by atoms with Gasteiger partial charge in [0.1, 0.15) is 5.75 Å². The number of carbonyl (C=O) groups excluding carboxylic acids is 1. The van der Waals surface area contributed by atoms with Crippen LogP contribution >= 0.6 is 0 Å². The summed E-state index contributed by atoms with van der Waals surface area (Å²) in [4.78, 5) is 24.5. The molecule has 0 radical (unpaired) electrons. The van der Waals surface area contributed by atoms with E-state index < -0.39 is 0 Å². The highest BCUT2D eigenvalue weighted by atomic mass is 16.5. The van der Waals surface area contributed by atoms with E-state index in [1.807, 2.05) is 72.8 Å². The summed E-state index contributed by atoms with van der Waals surface area (Å²) in [6.07, 6.45) is 0. The highest BCUT2D eigenvalue weighted by molar-refractivity contribution is 5.84. The Balaban J connectivity index is 1.31. The summed E-state index contributed by atoms with van der Waals surface area (Å²) in [5.41, 5.74) is 0.638. The second-order valence-electron chi connectivity index (χ2n) is 6.90. The number of amides is 1. The fraction of sp³-hybridized carbons (Fsp3) is 0.174. The molecule has 0 aliphatic carbocycles. The summed E-state index contributed by atoms with van der Waals surface area (Å²) in [5, 5.41) is 9.32. The van der Waals surface area contributed by atoms with Crippen molar-refractivity contribution < 1.29 is 9.53 Å². The molecule has 1 amide bonds. The lowest BCUT2D eigenvalue weighted by atomic mass is 10.1. The van der Waals surface area contributed by atoms with Crippen molar-refractivity contribution in [2.45, 2.75) is 6.54 Å². The van der Waals surface area contributed by atoms with Crippen molar-refractivity contribution in [3.05, 3.63) is 83.3 Å². The number of rotatable bonds is 7. The minimum absolute atomic E-state index is 0.0925. The molecule has 0 spiro atoms. The molecule has 0 aliphatic heterocycles. The Kier molecular flexibility index (Phi) is 5.61. The molecule has 0 unspecified atom stereocenters. The zero-order chi connectivity index (χ0) is 20.9. The first-order valence-corrected chi connectivity index (χ1v) is 9.69. The van der Waals surface area contributed by atoms with Crippen molar-refractivity contribution in [2.75, 3.05) is 13.2 Å². The van der Waals surface area contributed by atoms with Gasteiger partial charge in [-0.2, -0.15) is 0 Å². The van der Waals surface area contributed by atoms with Crippen LogP contribution in [0.25, 0.3) is 22.2 Å². The third kappa shape index (κ3) is 4.25. The number of hydrogen-bond acceptors (Lipinski definition) is 4. The van der Waals surface area contributed by atoms with Crippen LogP contribution in [0, 0.1) is 0 Å². The summed E-state index contributed by atoms with van der Waals surface area (Å²) < 4.78 is 8.44. The van der Waals surface area contributed by atoms with Crippen molar-refractivity contribution in [2.24, 2.45) is 7.05 Å². The Bertz CT molecular complexity index is 1230. The molecule has 1 heterocycles. The molecule has 0 saturated heterocycles. The summed E-state index contributed by atoms with van der Waals surface area (Å²) in [7, 11) is 1.68. The van der Waals surface area contributed by atoms with Gasteiger partial charge in [0.2, 0.25) is 0 Å². The molecule has 0 aliphatic rings. The molecule has 0 bridgehead atoms. The molecule has 30 heavy (non-hydrogen) atoms. The Morgan fingerprint density at radius 2 is 1.73 bits per heavy atom. The second kappa shape index (κ2) is 8.65. The van der Waals surface area contributed by atoms with Gasteiger partial charge in [0.25, 0.3) is 5.91 Å². The lowest BCUT2D eigenvalue weighted by Gasteiger charge is -2.08. The predicted octanol–water partition coefficient (Wildman–Crippen LogP) is 2.60. The maximum Gasteiger partial charge on any atom is 0.345 e. The number of nitrogens with one attached hydrogen (secondary N) is 1. The van der Waals surface area contributed by atoms with Crippen LogP contribution < -0.4 is 15.7 Å². The minimum atomic E-state index is -0.254. The average molecular weight is 402 g/mol. The molecule has 152 valence electrons. The molecule has 4 aromatic rings. The molecule has 7 heteroatoms. The van der Waals surface area contributed by atoms with Gasteiger partial charge >= 0.3 is 5.69 Å². The topological polar surface area (TPSA) is 78.2 Å². The lowest BCUT2D eigenvalue weighted by molar-refractivity contribution is -0.123. The minimum Gasteiger partial charge on any atom is -0.484 e. The van der Waals surface area contributed by atoms with E-state index in [-0.39, 0.29) is 31.3 Å². The molecule has 7 nitrogen and oxygen atoms in total. The maximum atomic E-state index is 12.4. The highest BCUT2D eigenvalue weighted by Crippen LogP contribution is 2.20. The summed E-state index contributed by atoms with van der Waals surface area (Å²) in [5.74, 6) is 0.972. The largest absolute Gasteiger partial charge is 0.484 e. The van der Waals surface area contributed by atoms with E-state index in [2.05, 4.69) is 10.4 Å². The van der Waals surface area contributed by atoms with Gasteiger partial charge in [-0.25, -0.2) is 9.48 Å². The third-order valence-electron chi connectivity index (χ3n) is 4.81. The first-order chi connectivity index (χ1) is 14.6. The van der Waals surface area contributed by atoms with Gasteiger partial charge in [-0.1, -0.05) is 60.7 Å². The van der Waals surface area contributed by atoms with Crippen LogP contribution in [0.3, 0.4) is 0 Å². The maximum absolute atomic E-state index is 12.4. The van der Waals surface area contributed by atoms with Gasteiger partial charge in [-0.3, -0.25) is 9.36 Å². The summed E-state index contributed by atoms with van der Waals surface area (Å²) in [6, 6.07) is 23.2. The predicted molar refractivity (Wildman–Crippen MR) is 115 cm³/mol. The van der Waals surface area contributed by atoms with Crippen LogP contribution in [-0.4, -0.2) is 33.4 Å². The number of nitrogens with zero attached hydrogens (tertiary/aromatic N) is 3. The van der Waals surface area contributed by atoms with Crippen molar-refractivity contribution in [1.82, 2.24) is 19.7 Å². The fourth-order valence-corrected chi connectivity index (χ4v) is 3.23. The van der Waals surface area contributed by atoms with E-state index in [1.165, 1.54) is 9.25 Å². The lowest BCUT2D eigenvalue weighted by Crippen LogP contribution is -2.34. The summed E-state index contributed by atoms with van der Waals surface area (Å²) >= 11 is 0. The monoisotopic (exact) mass is 402 g/mol. The standard InChI is InChI=1S/C23H22N4O3/c1-26-22(18-8-3-2-4-9-18)25-27(23(26)29)14-13-24-21(28)16-30-20-12-11-17-7-5-6-10-19(17)15-20/h2-12,15H,13-14,16H2,1H3,(H,24,28). The number of hydrogen-bond donors (Lipinski definition) is 1. The fourth-order valence-electron chi connectivity index (χ4n) is 3.23. The third-order valence-corrected chi connectivity index (χ3v) is 4.81. The van der Waals surface area contributed by atoms with Crippen LogP contribution in [-0.2, 0) is 18.4 Å². The van der Waals surface area contributed by atoms with Crippen LogP contribution in [0.15, 0.2) is 77.6 Å². The molecular formula is C23H22N4O3. The van der Waals surface area contributed by atoms with Gasteiger partial charge in [-0.15, -0.1) is 5.10 Å². The van der Waals surface area contributed by atoms with E-state index >= 15 is 0 Å². The Hall–Kier alpha value is -3.87. The van der Waals surface area contributed by atoms with Crippen LogP contribution in [0.1, 0.15) is 0 Å². The number of aromatic nitrogens is 3. The van der Waals surface area contributed by atoms with E-state index in [4.69, 9.17) is 4.74 Å². The van der Waals surface area contributed by atoms with E-state index in [0.717, 1.165) is 16.3 Å². The second-order valence-corrected chi connectivity index (χ2v) is 6.90. The molecule has 4 rings (SSSR count). The van der Waals surface area contributed by atoms with Crippen LogP contribution in [0.5, 0.6) is 5.75 Å². The molecule has 1 N–H and O–H groups in total. The van der Waals surface area contributed by atoms with Crippen molar-refractivity contribution in [1.29, 1.82) is 0 Å². The SMILES string of the molecule is Cn1c(-c2ccccc2)nn(CCNC(=O)COc2ccc3ccccc3c2)c1=O. The quantitative estimate of drug-likeness (QED) is 0.515. The summed E-state index contributed by atoms with van der Waals surface area (Å²) in [6.45, 7) is 0.469. The zero-order valence-electron chi connectivity index (χ0n) is 16.6. The van der Waals surface area contributed by atoms with E-state index in [1.54, 1.807) is 7.05 Å². The van der Waals surface area contributed by atoms with Gasteiger partial charge in [0.15, 0.2) is 12.4 Å². The Morgan fingerprint density at radius 1 is 1.00 bits per heavy atom. The number of carbonyl (C=O) groups is 1. The molecule has 3 aromatic carbocycles. The van der Waals surface area contributed by atoms with Crippen molar-refractivity contribution >= 4 is 16.7 Å².